The minimum atomic E-state index is -0.570. The molecule has 0 aromatic carbocycles. The Hall–Kier alpha value is -1.29. The molecule has 0 bridgehead atoms. The van der Waals surface area contributed by atoms with Gasteiger partial charge in [-0.3, -0.25) is 9.79 Å². The maximum Gasteiger partial charge on any atom is 0.284 e. The number of nitrogens with two attached hydrogens (primary N) is 1. The third-order valence-electron chi connectivity index (χ3n) is 4.11. The summed E-state index contributed by atoms with van der Waals surface area (Å²) in [7, 11) is 1.71. The number of halogens is 1. The average Bonchev–Trinajstić information content (AvgIpc) is 2.91. The van der Waals surface area contributed by atoms with Crippen molar-refractivity contribution in [2.45, 2.75) is 51.2 Å². The lowest BCUT2D eigenvalue weighted by Crippen LogP contribution is -2.38. The number of hydrogen-bond donors (Lipinski definition) is 3. The van der Waals surface area contributed by atoms with Crippen LogP contribution in [0.3, 0.4) is 0 Å². The van der Waals surface area contributed by atoms with Crippen molar-refractivity contribution >= 4 is 35.8 Å². The number of ether oxygens (including phenoxy) is 1. The molecule has 1 fully saturated rings. The maximum absolute atomic E-state index is 11.0. The number of rotatable bonds is 7. The van der Waals surface area contributed by atoms with Gasteiger partial charge >= 0.3 is 0 Å². The van der Waals surface area contributed by atoms with Gasteiger partial charge in [0.25, 0.3) is 5.91 Å². The Bertz CT molecular complexity index is 540. The third kappa shape index (κ3) is 8.08. The first-order chi connectivity index (χ1) is 11.7. The molecule has 1 aromatic rings. The van der Waals surface area contributed by atoms with Crippen molar-refractivity contribution in [2.75, 3.05) is 20.2 Å². The highest BCUT2D eigenvalue weighted by Crippen LogP contribution is 2.19. The van der Waals surface area contributed by atoms with Crippen LogP contribution >= 0.6 is 24.0 Å². The quantitative estimate of drug-likeness (QED) is 0.189. The second-order valence-electron chi connectivity index (χ2n) is 5.97. The van der Waals surface area contributed by atoms with Crippen molar-refractivity contribution in [1.82, 2.24) is 10.6 Å². The molecule has 2 rings (SSSR count). The Morgan fingerprint density at radius 2 is 2.00 bits per heavy atom. The first kappa shape index (κ1) is 21.8. The van der Waals surface area contributed by atoms with E-state index >= 15 is 0 Å². The fourth-order valence-corrected chi connectivity index (χ4v) is 2.80. The highest BCUT2D eigenvalue weighted by molar-refractivity contribution is 14.0. The molecule has 7 nitrogen and oxygen atoms in total. The van der Waals surface area contributed by atoms with Gasteiger partial charge in [-0.2, -0.15) is 0 Å². The van der Waals surface area contributed by atoms with Crippen LogP contribution in [0.2, 0.25) is 0 Å². The molecule has 4 N–H and O–H groups in total. The van der Waals surface area contributed by atoms with Crippen LogP contribution in [0.5, 0.6) is 0 Å². The summed E-state index contributed by atoms with van der Waals surface area (Å²) in [6.07, 6.45) is 7.97. The monoisotopic (exact) mass is 464 g/mol. The van der Waals surface area contributed by atoms with Gasteiger partial charge in [-0.25, -0.2) is 0 Å². The largest absolute Gasteiger partial charge is 0.454 e. The molecule has 0 aliphatic heterocycles. The van der Waals surface area contributed by atoms with Crippen LogP contribution in [-0.4, -0.2) is 38.2 Å². The minimum Gasteiger partial charge on any atom is -0.454 e. The van der Waals surface area contributed by atoms with Gasteiger partial charge in [-0.05, 0) is 25.0 Å². The zero-order chi connectivity index (χ0) is 17.2. The molecule has 1 saturated carbocycles. The summed E-state index contributed by atoms with van der Waals surface area (Å²) in [4.78, 5) is 15.1. The van der Waals surface area contributed by atoms with E-state index in [4.69, 9.17) is 14.9 Å². The molecule has 1 aromatic heterocycles. The number of primary amides is 1. The van der Waals surface area contributed by atoms with E-state index in [1.54, 1.807) is 19.2 Å². The van der Waals surface area contributed by atoms with E-state index in [1.165, 1.54) is 38.5 Å². The number of amides is 1. The third-order valence-corrected chi connectivity index (χ3v) is 4.11. The molecular formula is C17H29IN4O3. The zero-order valence-corrected chi connectivity index (χ0v) is 17.1. The number of aliphatic imine (C=N–C) groups is 1. The first-order valence-electron chi connectivity index (χ1n) is 8.63. The molecule has 0 radical (unpaired) electrons. The Morgan fingerprint density at radius 3 is 2.60 bits per heavy atom. The van der Waals surface area contributed by atoms with Crippen molar-refractivity contribution in [3.05, 3.63) is 23.7 Å². The van der Waals surface area contributed by atoms with Gasteiger partial charge in [0.1, 0.15) is 5.76 Å². The topological polar surface area (TPSA) is 102 Å². The van der Waals surface area contributed by atoms with Gasteiger partial charge in [-0.15, -0.1) is 24.0 Å². The van der Waals surface area contributed by atoms with Crippen LogP contribution in [0.1, 0.15) is 54.8 Å². The molecule has 1 aliphatic rings. The van der Waals surface area contributed by atoms with Gasteiger partial charge in [0.05, 0.1) is 19.3 Å². The molecule has 142 valence electrons. The van der Waals surface area contributed by atoms with Crippen molar-refractivity contribution in [2.24, 2.45) is 10.7 Å². The minimum absolute atomic E-state index is 0. The Labute approximate surface area is 166 Å². The van der Waals surface area contributed by atoms with Crippen LogP contribution < -0.4 is 16.4 Å². The second-order valence-corrected chi connectivity index (χ2v) is 5.97. The van der Waals surface area contributed by atoms with Gasteiger partial charge in [0.2, 0.25) is 0 Å². The summed E-state index contributed by atoms with van der Waals surface area (Å²) in [5, 5.41) is 6.33. The second kappa shape index (κ2) is 12.1. The lowest BCUT2D eigenvalue weighted by atomic mass is 10.1. The molecule has 1 heterocycles. The van der Waals surface area contributed by atoms with E-state index < -0.39 is 5.91 Å². The van der Waals surface area contributed by atoms with Crippen LogP contribution in [0.15, 0.2) is 21.5 Å². The standard InChI is InChI=1S/C17H28N4O3.HI/c1-19-17(21-12-14-8-9-15(24-14)16(18)22)20-10-11-23-13-6-4-2-3-5-7-13;/h8-9,13H,2-7,10-12H2,1H3,(H2,18,22)(H2,19,20,21);1H. The predicted octanol–water partition coefficient (Wildman–Crippen LogP) is 2.40. The van der Waals surface area contributed by atoms with Gasteiger partial charge in [0, 0.05) is 13.6 Å². The molecule has 0 unspecified atom stereocenters. The van der Waals surface area contributed by atoms with Crippen molar-refractivity contribution < 1.29 is 13.9 Å². The number of furan rings is 1. The predicted molar refractivity (Wildman–Crippen MR) is 108 cm³/mol. The van der Waals surface area contributed by atoms with Gasteiger partial charge < -0.3 is 25.5 Å². The van der Waals surface area contributed by atoms with Gasteiger partial charge in [0.15, 0.2) is 11.7 Å². The number of hydrogen-bond acceptors (Lipinski definition) is 4. The average molecular weight is 464 g/mol. The zero-order valence-electron chi connectivity index (χ0n) is 14.8. The summed E-state index contributed by atoms with van der Waals surface area (Å²) in [6.45, 7) is 1.79. The smallest absolute Gasteiger partial charge is 0.284 e. The van der Waals surface area contributed by atoms with E-state index in [0.29, 0.717) is 37.5 Å². The molecule has 0 spiro atoms. The van der Waals surface area contributed by atoms with E-state index in [1.807, 2.05) is 0 Å². The van der Waals surface area contributed by atoms with Crippen molar-refractivity contribution in [3.63, 3.8) is 0 Å². The van der Waals surface area contributed by atoms with E-state index in [2.05, 4.69) is 15.6 Å². The molecular weight excluding hydrogens is 435 g/mol. The number of carbonyl (C=O) groups is 1. The number of guanidine groups is 1. The fourth-order valence-electron chi connectivity index (χ4n) is 2.80. The van der Waals surface area contributed by atoms with E-state index in [0.717, 1.165) is 0 Å². The van der Waals surface area contributed by atoms with Crippen LogP contribution in [-0.2, 0) is 11.3 Å². The maximum atomic E-state index is 11.0. The van der Waals surface area contributed by atoms with Crippen molar-refractivity contribution in [3.8, 4) is 0 Å². The lowest BCUT2D eigenvalue weighted by Gasteiger charge is -2.16. The molecule has 25 heavy (non-hydrogen) atoms. The van der Waals surface area contributed by atoms with Crippen LogP contribution in [0, 0.1) is 0 Å². The molecule has 8 heteroatoms. The number of carbonyl (C=O) groups excluding carboxylic acids is 1. The highest BCUT2D eigenvalue weighted by Gasteiger charge is 2.12. The molecule has 0 atom stereocenters. The summed E-state index contributed by atoms with van der Waals surface area (Å²) < 4.78 is 11.2. The first-order valence-corrected chi connectivity index (χ1v) is 8.63. The van der Waals surface area contributed by atoms with E-state index in [9.17, 15) is 4.79 Å². The summed E-state index contributed by atoms with van der Waals surface area (Å²) in [5.41, 5.74) is 5.16. The summed E-state index contributed by atoms with van der Waals surface area (Å²) in [6, 6.07) is 3.28. The Morgan fingerprint density at radius 1 is 1.28 bits per heavy atom. The number of nitrogens with one attached hydrogen (secondary N) is 2. The van der Waals surface area contributed by atoms with E-state index in [-0.39, 0.29) is 29.7 Å². The van der Waals surface area contributed by atoms with Gasteiger partial charge in [-0.1, -0.05) is 25.7 Å². The summed E-state index contributed by atoms with van der Waals surface area (Å²) in [5.74, 6) is 0.879. The SMILES string of the molecule is CN=C(NCCOC1CCCCCC1)NCc1ccc(C(N)=O)o1.I. The summed E-state index contributed by atoms with van der Waals surface area (Å²) >= 11 is 0. The highest BCUT2D eigenvalue weighted by atomic mass is 127. The lowest BCUT2D eigenvalue weighted by molar-refractivity contribution is 0.0468. The molecule has 1 aliphatic carbocycles. The van der Waals surface area contributed by atoms with Crippen molar-refractivity contribution in [1.29, 1.82) is 0 Å². The Kier molecular flexibility index (Phi) is 10.6. The number of nitrogens with zero attached hydrogens (tertiary/aromatic N) is 1. The normalized spacial score (nSPS) is 16.0. The van der Waals surface area contributed by atoms with Crippen LogP contribution in [0.4, 0.5) is 0 Å². The Balaban J connectivity index is 0.00000312. The molecule has 1 amide bonds. The fraction of sp³-hybridized carbons (Fsp3) is 0.647. The van der Waals surface area contributed by atoms with Crippen LogP contribution in [0.25, 0.3) is 0 Å². The molecule has 0 saturated heterocycles.